The molecule has 2 heterocycles. The molecule has 2 aromatic carbocycles. The van der Waals surface area contributed by atoms with Crippen molar-refractivity contribution < 1.29 is 5.11 Å². The predicted octanol–water partition coefficient (Wildman–Crippen LogP) is 5.14. The van der Waals surface area contributed by atoms with Crippen LogP contribution in [0.3, 0.4) is 0 Å². The van der Waals surface area contributed by atoms with Gasteiger partial charge >= 0.3 is 0 Å². The van der Waals surface area contributed by atoms with Crippen LogP contribution in [-0.4, -0.2) is 20.7 Å². The first-order valence-electron chi connectivity index (χ1n) is 9.15. The number of halogens is 1. The van der Waals surface area contributed by atoms with E-state index in [1.54, 1.807) is 24.4 Å². The monoisotopic (exact) mass is 447 g/mol. The molecule has 7 heteroatoms. The van der Waals surface area contributed by atoms with Crippen LogP contribution in [0, 0.1) is 18.3 Å². The normalized spacial score (nSPS) is 11.4. The Balaban J connectivity index is 1.92. The van der Waals surface area contributed by atoms with E-state index >= 15 is 0 Å². The highest BCUT2D eigenvalue weighted by Crippen LogP contribution is 2.31. The van der Waals surface area contributed by atoms with Crippen LogP contribution in [0.15, 0.2) is 52.0 Å². The smallest absolute Gasteiger partial charge is 0.157 e. The Bertz CT molecular complexity index is 1320. The summed E-state index contributed by atoms with van der Waals surface area (Å²) in [6.07, 6.45) is 2.29. The fourth-order valence-electron chi connectivity index (χ4n) is 3.53. The first-order chi connectivity index (χ1) is 14.0. The maximum Gasteiger partial charge on any atom is 0.157 e. The van der Waals surface area contributed by atoms with E-state index in [1.807, 2.05) is 42.5 Å². The van der Waals surface area contributed by atoms with Gasteiger partial charge in [-0.25, -0.2) is 4.98 Å². The van der Waals surface area contributed by atoms with Crippen molar-refractivity contribution in [2.24, 2.45) is 5.10 Å². The molecule has 29 heavy (non-hydrogen) atoms. The van der Waals surface area contributed by atoms with E-state index in [1.165, 1.54) is 0 Å². The van der Waals surface area contributed by atoms with Gasteiger partial charge in [-0.2, -0.15) is 10.4 Å². The molecule has 0 aliphatic carbocycles. The lowest BCUT2D eigenvalue weighted by atomic mass is 10.0. The average molecular weight is 448 g/mol. The summed E-state index contributed by atoms with van der Waals surface area (Å²) in [4.78, 5) is 4.68. The van der Waals surface area contributed by atoms with E-state index < -0.39 is 0 Å². The minimum atomic E-state index is 0.142. The number of nitriles is 1. The van der Waals surface area contributed by atoms with Gasteiger partial charge in [-0.05, 0) is 54.8 Å². The lowest BCUT2D eigenvalue weighted by Crippen LogP contribution is -2.07. The first-order valence-corrected chi connectivity index (χ1v) is 9.94. The molecule has 2 aromatic heterocycles. The second kappa shape index (κ2) is 7.57. The molecule has 0 aliphatic rings. The van der Waals surface area contributed by atoms with Gasteiger partial charge in [0.1, 0.15) is 17.6 Å². The van der Waals surface area contributed by atoms with Crippen molar-refractivity contribution in [3.8, 4) is 11.8 Å². The van der Waals surface area contributed by atoms with E-state index in [-0.39, 0.29) is 5.75 Å². The van der Waals surface area contributed by atoms with Gasteiger partial charge in [-0.3, -0.25) is 9.83 Å². The maximum atomic E-state index is 10.0. The zero-order valence-electron chi connectivity index (χ0n) is 15.9. The number of pyridine rings is 1. The largest absolute Gasteiger partial charge is 0.507 e. The van der Waals surface area contributed by atoms with Gasteiger partial charge in [-0.1, -0.05) is 35.0 Å². The fourth-order valence-corrected chi connectivity index (χ4v) is 3.91. The molecule has 0 fully saturated rings. The van der Waals surface area contributed by atoms with Crippen LogP contribution in [0.25, 0.3) is 16.7 Å². The van der Waals surface area contributed by atoms with Crippen LogP contribution in [0.4, 0.5) is 5.82 Å². The van der Waals surface area contributed by atoms with Gasteiger partial charge in [-0.15, -0.1) is 0 Å². The number of nitrogens with zero attached hydrogens (tertiary/aromatic N) is 4. The number of anilines is 1. The third-order valence-electron chi connectivity index (χ3n) is 4.95. The summed E-state index contributed by atoms with van der Waals surface area (Å²) in [5, 5.41) is 24.2. The standard InChI is InChI=1S/C22H18BrN5O/c1-3-16-13(2)17(11-24)21-26-18-6-4-5-7-19(18)28(21)22(16)27-25-12-14-10-15(23)8-9-20(14)29/h4-10,12,27,29H,3H2,1-2H3/b25-12-. The van der Waals surface area contributed by atoms with Crippen LogP contribution in [0.1, 0.15) is 29.2 Å². The minimum Gasteiger partial charge on any atom is -0.507 e. The Labute approximate surface area is 176 Å². The molecular weight excluding hydrogens is 430 g/mol. The molecular formula is C22H18BrN5O. The van der Waals surface area contributed by atoms with Crippen LogP contribution in [-0.2, 0) is 6.42 Å². The van der Waals surface area contributed by atoms with Crippen molar-refractivity contribution >= 4 is 44.6 Å². The third kappa shape index (κ3) is 3.22. The van der Waals surface area contributed by atoms with Crippen molar-refractivity contribution in [3.63, 3.8) is 0 Å². The van der Waals surface area contributed by atoms with E-state index in [9.17, 15) is 10.4 Å². The topological polar surface area (TPSA) is 85.7 Å². The molecule has 0 saturated carbocycles. The number of aromatic nitrogens is 2. The second-order valence-electron chi connectivity index (χ2n) is 6.63. The molecule has 2 N–H and O–H groups in total. The van der Waals surface area contributed by atoms with Crippen LogP contribution in [0.2, 0.25) is 0 Å². The SMILES string of the molecule is CCc1c(C)c(C#N)c2nc3ccccc3n2c1N/N=C\c1cc(Br)ccc1O. The molecule has 4 aromatic rings. The molecule has 144 valence electrons. The van der Waals surface area contributed by atoms with Gasteiger partial charge in [0.05, 0.1) is 22.8 Å². The van der Waals surface area contributed by atoms with E-state index in [0.29, 0.717) is 16.8 Å². The highest BCUT2D eigenvalue weighted by Gasteiger charge is 2.19. The van der Waals surface area contributed by atoms with Gasteiger partial charge in [0.2, 0.25) is 0 Å². The van der Waals surface area contributed by atoms with Crippen molar-refractivity contribution in [1.29, 1.82) is 5.26 Å². The van der Waals surface area contributed by atoms with Gasteiger partial charge < -0.3 is 5.11 Å². The summed E-state index contributed by atoms with van der Waals surface area (Å²) >= 11 is 3.40. The number of hydrogen-bond donors (Lipinski definition) is 2. The van der Waals surface area contributed by atoms with Crippen molar-refractivity contribution in [1.82, 2.24) is 9.38 Å². The number of imidazole rings is 1. The summed E-state index contributed by atoms with van der Waals surface area (Å²) in [7, 11) is 0. The Morgan fingerprint density at radius 2 is 2.10 bits per heavy atom. The number of aromatic hydroxyl groups is 1. The zero-order chi connectivity index (χ0) is 20.5. The minimum absolute atomic E-state index is 0.142. The van der Waals surface area contributed by atoms with Crippen LogP contribution >= 0.6 is 15.9 Å². The molecule has 0 atom stereocenters. The van der Waals surface area contributed by atoms with E-state index in [4.69, 9.17) is 0 Å². The van der Waals surface area contributed by atoms with Crippen molar-refractivity contribution in [3.05, 3.63) is 69.2 Å². The third-order valence-corrected chi connectivity index (χ3v) is 5.44. The molecule has 4 rings (SSSR count). The molecule has 0 bridgehead atoms. The molecule has 6 nitrogen and oxygen atoms in total. The van der Waals surface area contributed by atoms with Gasteiger partial charge in [0, 0.05) is 10.0 Å². The molecule has 0 aliphatic heterocycles. The molecule has 0 spiro atoms. The number of rotatable bonds is 4. The Morgan fingerprint density at radius 1 is 1.31 bits per heavy atom. The molecule has 0 saturated heterocycles. The predicted molar refractivity (Wildman–Crippen MR) is 119 cm³/mol. The number of benzene rings is 2. The highest BCUT2D eigenvalue weighted by atomic mass is 79.9. The highest BCUT2D eigenvalue weighted by molar-refractivity contribution is 9.10. The zero-order valence-corrected chi connectivity index (χ0v) is 17.5. The summed E-state index contributed by atoms with van der Waals surface area (Å²) < 4.78 is 2.79. The quantitative estimate of drug-likeness (QED) is 0.334. The summed E-state index contributed by atoms with van der Waals surface area (Å²) in [6.45, 7) is 3.98. The first kappa shape index (κ1) is 19.0. The number of phenols is 1. The maximum absolute atomic E-state index is 10.0. The number of para-hydroxylation sites is 2. The fraction of sp³-hybridized carbons (Fsp3) is 0.136. The number of fused-ring (bicyclic) bond motifs is 3. The number of hydrogen-bond acceptors (Lipinski definition) is 5. The Hall–Kier alpha value is -3.37. The van der Waals surface area contributed by atoms with Gasteiger partial charge in [0.25, 0.3) is 0 Å². The van der Waals surface area contributed by atoms with Crippen LogP contribution in [0.5, 0.6) is 5.75 Å². The molecule has 0 radical (unpaired) electrons. The summed E-state index contributed by atoms with van der Waals surface area (Å²) in [6, 6.07) is 15.2. The summed E-state index contributed by atoms with van der Waals surface area (Å²) in [5.41, 5.74) is 8.48. The van der Waals surface area contributed by atoms with E-state index in [0.717, 1.165) is 38.9 Å². The number of nitrogens with one attached hydrogen (secondary N) is 1. The number of hydrazone groups is 1. The van der Waals surface area contributed by atoms with Crippen LogP contribution < -0.4 is 5.43 Å². The van der Waals surface area contributed by atoms with Crippen molar-refractivity contribution in [2.45, 2.75) is 20.3 Å². The molecule has 0 amide bonds. The lowest BCUT2D eigenvalue weighted by Gasteiger charge is -2.15. The number of phenolic OH excluding ortho intramolecular Hbond substituents is 1. The van der Waals surface area contributed by atoms with Crippen molar-refractivity contribution in [2.75, 3.05) is 5.43 Å². The summed E-state index contributed by atoms with van der Waals surface area (Å²) in [5.74, 6) is 0.905. The molecule has 0 unspecified atom stereocenters. The Morgan fingerprint density at radius 3 is 2.86 bits per heavy atom. The second-order valence-corrected chi connectivity index (χ2v) is 7.54. The average Bonchev–Trinajstić information content (AvgIpc) is 3.09. The lowest BCUT2D eigenvalue weighted by molar-refractivity contribution is 0.474. The van der Waals surface area contributed by atoms with E-state index in [2.05, 4.69) is 37.5 Å². The Kier molecular flexibility index (Phi) is 4.95. The van der Waals surface area contributed by atoms with Gasteiger partial charge in [0.15, 0.2) is 5.65 Å².